The maximum atomic E-state index is 11.7. The van der Waals surface area contributed by atoms with Gasteiger partial charge in [0.05, 0.1) is 42.7 Å². The van der Waals surface area contributed by atoms with Gasteiger partial charge in [-0.3, -0.25) is 14.9 Å². The molecule has 0 aliphatic carbocycles. The number of methoxy groups -OCH3 is 1. The van der Waals surface area contributed by atoms with Crippen molar-refractivity contribution in [1.29, 1.82) is 0 Å². The van der Waals surface area contributed by atoms with Crippen molar-refractivity contribution in [1.82, 2.24) is 29.6 Å². The van der Waals surface area contributed by atoms with Crippen molar-refractivity contribution in [2.75, 3.05) is 13.7 Å². The number of para-hydroxylation sites is 1. The summed E-state index contributed by atoms with van der Waals surface area (Å²) in [6, 6.07) is 24.3. The zero-order valence-electron chi connectivity index (χ0n) is 21.0. The summed E-state index contributed by atoms with van der Waals surface area (Å²) >= 11 is 3.51. The van der Waals surface area contributed by atoms with Crippen LogP contribution in [0.5, 0.6) is 0 Å². The molecule has 3 aromatic heterocycles. The van der Waals surface area contributed by atoms with Crippen molar-refractivity contribution < 1.29 is 9.53 Å². The van der Waals surface area contributed by atoms with E-state index in [0.717, 1.165) is 45.6 Å². The van der Waals surface area contributed by atoms with Crippen molar-refractivity contribution in [3.8, 4) is 0 Å². The van der Waals surface area contributed by atoms with Crippen LogP contribution in [0.25, 0.3) is 10.9 Å². The first-order valence-electron chi connectivity index (χ1n) is 12.3. The molecule has 0 fully saturated rings. The van der Waals surface area contributed by atoms with E-state index >= 15 is 0 Å². The number of carbonyl (C=O) groups is 1. The zero-order chi connectivity index (χ0) is 26.3. The number of esters is 1. The first kappa shape index (κ1) is 25.7. The molecule has 2 aromatic carbocycles. The van der Waals surface area contributed by atoms with E-state index in [0.29, 0.717) is 25.2 Å². The van der Waals surface area contributed by atoms with Gasteiger partial charge in [-0.15, -0.1) is 10.2 Å². The molecule has 8 nitrogen and oxygen atoms in total. The average molecular weight is 571 g/mol. The van der Waals surface area contributed by atoms with E-state index in [-0.39, 0.29) is 0 Å². The van der Waals surface area contributed by atoms with Gasteiger partial charge in [0.2, 0.25) is 0 Å². The van der Waals surface area contributed by atoms with Crippen LogP contribution in [-0.2, 0) is 30.8 Å². The van der Waals surface area contributed by atoms with E-state index < -0.39 is 5.97 Å². The molecule has 3 heterocycles. The van der Waals surface area contributed by atoms with Gasteiger partial charge in [-0.05, 0) is 48.4 Å². The van der Waals surface area contributed by atoms with Crippen LogP contribution in [-0.4, -0.2) is 49.3 Å². The first-order valence-corrected chi connectivity index (χ1v) is 13.1. The molecule has 0 aliphatic rings. The monoisotopic (exact) mass is 570 g/mol. The molecule has 0 bridgehead atoms. The van der Waals surface area contributed by atoms with E-state index in [1.807, 2.05) is 28.8 Å². The Bertz CT molecular complexity index is 1520. The molecule has 0 unspecified atom stereocenters. The SMILES string of the molecule is COC(=O)c1ccc(Cn2cnnc2CN(CCc2ccc(Br)cc2)Cc2ccc3ccccc3n2)nc1. The van der Waals surface area contributed by atoms with Gasteiger partial charge in [-0.1, -0.05) is 52.3 Å². The molecule has 0 saturated heterocycles. The number of fused-ring (bicyclic) bond motifs is 1. The van der Waals surface area contributed by atoms with Crippen molar-refractivity contribution in [2.24, 2.45) is 0 Å². The Balaban J connectivity index is 1.34. The number of pyridine rings is 2. The summed E-state index contributed by atoms with van der Waals surface area (Å²) in [7, 11) is 1.36. The summed E-state index contributed by atoms with van der Waals surface area (Å²) in [6.45, 7) is 2.61. The number of carbonyl (C=O) groups excluding carboxylic acids is 1. The smallest absolute Gasteiger partial charge is 0.339 e. The number of benzene rings is 2. The molecule has 38 heavy (non-hydrogen) atoms. The third-order valence-corrected chi connectivity index (χ3v) is 6.84. The highest BCUT2D eigenvalue weighted by atomic mass is 79.9. The summed E-state index contributed by atoms with van der Waals surface area (Å²) < 4.78 is 7.82. The lowest BCUT2D eigenvalue weighted by molar-refractivity contribution is 0.0600. The molecule has 5 rings (SSSR count). The lowest BCUT2D eigenvalue weighted by atomic mass is 10.1. The molecule has 0 atom stereocenters. The van der Waals surface area contributed by atoms with E-state index in [2.05, 4.69) is 78.5 Å². The fraction of sp³-hybridized carbons (Fsp3) is 0.207. The number of hydrogen-bond donors (Lipinski definition) is 0. The van der Waals surface area contributed by atoms with Crippen LogP contribution in [0, 0.1) is 0 Å². The Morgan fingerprint density at radius 1 is 0.974 bits per heavy atom. The van der Waals surface area contributed by atoms with Crippen LogP contribution in [0.4, 0.5) is 0 Å². The lowest BCUT2D eigenvalue weighted by Crippen LogP contribution is -2.27. The van der Waals surface area contributed by atoms with Crippen LogP contribution in [0.1, 0.15) is 33.1 Å². The molecule has 0 amide bonds. The lowest BCUT2D eigenvalue weighted by Gasteiger charge is -2.22. The summed E-state index contributed by atoms with van der Waals surface area (Å²) in [5, 5.41) is 9.71. The van der Waals surface area contributed by atoms with Crippen LogP contribution in [0.2, 0.25) is 0 Å². The maximum Gasteiger partial charge on any atom is 0.339 e. The summed E-state index contributed by atoms with van der Waals surface area (Å²) in [5.41, 5.74) is 4.48. The van der Waals surface area contributed by atoms with Gasteiger partial charge in [-0.25, -0.2) is 4.79 Å². The molecule has 9 heteroatoms. The predicted molar refractivity (Wildman–Crippen MR) is 148 cm³/mol. The number of rotatable bonds is 10. The predicted octanol–water partition coefficient (Wildman–Crippen LogP) is 5.06. The van der Waals surface area contributed by atoms with Crippen LogP contribution in [0.3, 0.4) is 0 Å². The fourth-order valence-corrected chi connectivity index (χ4v) is 4.51. The molecule has 0 radical (unpaired) electrons. The molecular formula is C29H27BrN6O2. The minimum atomic E-state index is -0.405. The highest BCUT2D eigenvalue weighted by molar-refractivity contribution is 9.10. The van der Waals surface area contributed by atoms with Crippen LogP contribution >= 0.6 is 15.9 Å². The molecule has 0 spiro atoms. The van der Waals surface area contributed by atoms with E-state index in [1.54, 1.807) is 12.4 Å². The topological polar surface area (TPSA) is 86.0 Å². The van der Waals surface area contributed by atoms with Crippen LogP contribution < -0.4 is 0 Å². The Morgan fingerprint density at radius 3 is 2.58 bits per heavy atom. The quantitative estimate of drug-likeness (QED) is 0.217. The van der Waals surface area contributed by atoms with Gasteiger partial charge in [0.1, 0.15) is 12.2 Å². The van der Waals surface area contributed by atoms with E-state index in [4.69, 9.17) is 9.72 Å². The van der Waals surface area contributed by atoms with Gasteiger partial charge in [0, 0.05) is 29.1 Å². The Hall–Kier alpha value is -3.95. The van der Waals surface area contributed by atoms with Gasteiger partial charge < -0.3 is 9.30 Å². The number of aromatic nitrogens is 5. The normalized spacial score (nSPS) is 11.2. The number of hydrogen-bond acceptors (Lipinski definition) is 7. The van der Waals surface area contributed by atoms with E-state index in [1.165, 1.54) is 18.9 Å². The molecule has 0 N–H and O–H groups in total. The second kappa shape index (κ2) is 12.1. The standard InChI is InChI=1S/C29H27BrN6O2/c1-38-29(37)23-9-12-25(31-16-23)18-36-20-32-34-28(36)19-35(15-14-21-6-10-24(30)11-7-21)17-26-13-8-22-4-2-3-5-27(22)33-26/h2-13,16,20H,14-15,17-19H2,1H3. The summed E-state index contributed by atoms with van der Waals surface area (Å²) in [5.74, 6) is 0.429. The highest BCUT2D eigenvalue weighted by Crippen LogP contribution is 2.16. The number of halogens is 1. The Morgan fingerprint density at radius 2 is 1.79 bits per heavy atom. The largest absolute Gasteiger partial charge is 0.465 e. The second-order valence-electron chi connectivity index (χ2n) is 8.99. The van der Waals surface area contributed by atoms with Gasteiger partial charge >= 0.3 is 5.97 Å². The zero-order valence-corrected chi connectivity index (χ0v) is 22.6. The van der Waals surface area contributed by atoms with Crippen LogP contribution in [0.15, 0.2) is 89.8 Å². The van der Waals surface area contributed by atoms with Gasteiger partial charge in [0.25, 0.3) is 0 Å². The van der Waals surface area contributed by atoms with Crippen molar-refractivity contribution in [3.63, 3.8) is 0 Å². The third kappa shape index (κ3) is 6.48. The molecule has 0 aliphatic heterocycles. The molecular weight excluding hydrogens is 544 g/mol. The fourth-order valence-electron chi connectivity index (χ4n) is 4.24. The Kier molecular flexibility index (Phi) is 8.15. The third-order valence-electron chi connectivity index (χ3n) is 6.31. The number of nitrogens with zero attached hydrogens (tertiary/aromatic N) is 6. The van der Waals surface area contributed by atoms with Crippen molar-refractivity contribution in [3.05, 3.63) is 118 Å². The summed E-state index contributed by atoms with van der Waals surface area (Å²) in [4.78, 5) is 23.4. The molecule has 0 saturated carbocycles. The first-order chi connectivity index (χ1) is 18.6. The van der Waals surface area contributed by atoms with Crippen molar-refractivity contribution in [2.45, 2.75) is 26.1 Å². The Labute approximate surface area is 229 Å². The second-order valence-corrected chi connectivity index (χ2v) is 9.90. The number of ether oxygens (including phenoxy) is 1. The molecule has 5 aromatic rings. The minimum Gasteiger partial charge on any atom is -0.465 e. The van der Waals surface area contributed by atoms with Gasteiger partial charge in [0.15, 0.2) is 0 Å². The summed E-state index contributed by atoms with van der Waals surface area (Å²) in [6.07, 6.45) is 4.14. The van der Waals surface area contributed by atoms with E-state index in [9.17, 15) is 4.79 Å². The maximum absolute atomic E-state index is 11.7. The van der Waals surface area contributed by atoms with Gasteiger partial charge in [-0.2, -0.15) is 0 Å². The van der Waals surface area contributed by atoms with Crippen molar-refractivity contribution >= 4 is 32.8 Å². The highest BCUT2D eigenvalue weighted by Gasteiger charge is 2.15. The minimum absolute atomic E-state index is 0.405. The molecule has 192 valence electrons. The average Bonchev–Trinajstić information content (AvgIpc) is 3.38.